The van der Waals surface area contributed by atoms with Crippen molar-refractivity contribution < 1.29 is 9.59 Å². The highest BCUT2D eigenvalue weighted by Gasteiger charge is 2.22. The van der Waals surface area contributed by atoms with Crippen molar-refractivity contribution >= 4 is 11.8 Å². The number of benzene rings is 2. The maximum Gasteiger partial charge on any atom is 0.225 e. The Kier molecular flexibility index (Phi) is 6.24. The molecule has 2 aromatic rings. The maximum absolute atomic E-state index is 12.5. The molecule has 2 amide bonds. The molecule has 0 bridgehead atoms. The Balaban J connectivity index is 1.55. The fraction of sp³-hybridized carbons (Fsp3) is 0.364. The summed E-state index contributed by atoms with van der Waals surface area (Å²) in [6, 6.07) is 17.4. The van der Waals surface area contributed by atoms with Crippen molar-refractivity contribution in [2.24, 2.45) is 11.7 Å². The second-order valence-electron chi connectivity index (χ2n) is 7.18. The Morgan fingerprint density at radius 3 is 2.59 bits per heavy atom. The summed E-state index contributed by atoms with van der Waals surface area (Å²) in [6.07, 6.45) is 1.59. The van der Waals surface area contributed by atoms with E-state index in [1.165, 1.54) is 0 Å². The quantitative estimate of drug-likeness (QED) is 0.792. The second kappa shape index (κ2) is 8.82. The summed E-state index contributed by atoms with van der Waals surface area (Å²) in [5, 5.41) is 2.98. The molecule has 0 saturated carbocycles. The number of amides is 2. The van der Waals surface area contributed by atoms with E-state index in [9.17, 15) is 9.59 Å². The van der Waals surface area contributed by atoms with Crippen LogP contribution in [-0.2, 0) is 22.7 Å². The van der Waals surface area contributed by atoms with Crippen molar-refractivity contribution in [1.82, 2.24) is 10.2 Å². The van der Waals surface area contributed by atoms with Gasteiger partial charge in [-0.05, 0) is 23.1 Å². The van der Waals surface area contributed by atoms with E-state index < -0.39 is 0 Å². The average molecular weight is 365 g/mol. The van der Waals surface area contributed by atoms with Crippen LogP contribution >= 0.6 is 0 Å². The summed E-state index contributed by atoms with van der Waals surface area (Å²) >= 11 is 0. The number of likely N-dealkylation sites (tertiary alicyclic amines) is 1. The van der Waals surface area contributed by atoms with Crippen molar-refractivity contribution in [1.29, 1.82) is 0 Å². The van der Waals surface area contributed by atoms with E-state index in [2.05, 4.69) is 5.32 Å². The molecular weight excluding hydrogens is 338 g/mol. The fourth-order valence-corrected chi connectivity index (χ4v) is 3.41. The van der Waals surface area contributed by atoms with E-state index in [-0.39, 0.29) is 23.8 Å². The molecule has 2 atom stereocenters. The first-order valence-corrected chi connectivity index (χ1v) is 9.48. The lowest BCUT2D eigenvalue weighted by Gasteiger charge is -2.20. The Labute approximate surface area is 160 Å². The zero-order chi connectivity index (χ0) is 19.2. The van der Waals surface area contributed by atoms with Crippen molar-refractivity contribution in [3.8, 4) is 0 Å². The normalized spacial score (nSPS) is 16.2. The minimum absolute atomic E-state index is 0.0634. The Morgan fingerprint density at radius 2 is 1.89 bits per heavy atom. The number of hydrogen-bond donors (Lipinski definition) is 2. The van der Waals surface area contributed by atoms with Gasteiger partial charge in [0, 0.05) is 32.1 Å². The molecule has 0 radical (unpaired) electrons. The van der Waals surface area contributed by atoms with Gasteiger partial charge >= 0.3 is 0 Å². The Morgan fingerprint density at radius 1 is 1.15 bits per heavy atom. The van der Waals surface area contributed by atoms with Gasteiger partial charge in [0.25, 0.3) is 0 Å². The molecule has 27 heavy (non-hydrogen) atoms. The molecular formula is C22H27N3O2. The maximum atomic E-state index is 12.5. The highest BCUT2D eigenvalue weighted by atomic mass is 16.2. The number of nitrogens with one attached hydrogen (secondary N) is 1. The second-order valence-corrected chi connectivity index (χ2v) is 7.18. The smallest absolute Gasteiger partial charge is 0.225 e. The van der Waals surface area contributed by atoms with Gasteiger partial charge in [-0.2, -0.15) is 0 Å². The molecule has 0 aliphatic carbocycles. The van der Waals surface area contributed by atoms with Gasteiger partial charge in [0.05, 0.1) is 5.92 Å². The van der Waals surface area contributed by atoms with Crippen LogP contribution in [0.2, 0.25) is 0 Å². The predicted molar refractivity (Wildman–Crippen MR) is 105 cm³/mol. The lowest BCUT2D eigenvalue weighted by atomic mass is 9.94. The third-order valence-corrected chi connectivity index (χ3v) is 5.14. The molecule has 3 N–H and O–H groups in total. The average Bonchev–Trinajstić information content (AvgIpc) is 3.10. The summed E-state index contributed by atoms with van der Waals surface area (Å²) < 4.78 is 0. The minimum Gasteiger partial charge on any atom is -0.352 e. The third-order valence-electron chi connectivity index (χ3n) is 5.14. The van der Waals surface area contributed by atoms with Crippen LogP contribution in [0.5, 0.6) is 0 Å². The van der Waals surface area contributed by atoms with Crippen LogP contribution in [0.25, 0.3) is 0 Å². The number of carbonyl (C=O) groups excluding carboxylic acids is 2. The molecule has 3 rings (SSSR count). The number of rotatable bonds is 7. The monoisotopic (exact) mass is 365 g/mol. The van der Waals surface area contributed by atoms with Crippen LogP contribution in [0.15, 0.2) is 54.6 Å². The van der Waals surface area contributed by atoms with Gasteiger partial charge in [-0.15, -0.1) is 0 Å². The van der Waals surface area contributed by atoms with Crippen LogP contribution in [0.1, 0.15) is 42.5 Å². The van der Waals surface area contributed by atoms with Gasteiger partial charge in [-0.1, -0.05) is 61.5 Å². The van der Waals surface area contributed by atoms with Gasteiger partial charge in [0.1, 0.15) is 0 Å². The summed E-state index contributed by atoms with van der Waals surface area (Å²) in [6.45, 7) is 3.76. The molecule has 2 aromatic carbocycles. The van der Waals surface area contributed by atoms with Gasteiger partial charge in [0.2, 0.25) is 11.8 Å². The fourth-order valence-electron chi connectivity index (χ4n) is 3.41. The van der Waals surface area contributed by atoms with Gasteiger partial charge in [-0.25, -0.2) is 0 Å². The molecule has 1 fully saturated rings. The van der Waals surface area contributed by atoms with Crippen LogP contribution in [-0.4, -0.2) is 23.3 Å². The third kappa shape index (κ3) is 4.95. The number of nitrogens with zero attached hydrogens (tertiary/aromatic N) is 1. The molecule has 1 aliphatic rings. The topological polar surface area (TPSA) is 75.4 Å². The van der Waals surface area contributed by atoms with E-state index >= 15 is 0 Å². The van der Waals surface area contributed by atoms with Crippen LogP contribution in [0.4, 0.5) is 0 Å². The zero-order valence-corrected chi connectivity index (χ0v) is 15.7. The van der Waals surface area contributed by atoms with E-state index in [1.807, 2.05) is 66.4 Å². The highest BCUT2D eigenvalue weighted by molar-refractivity contribution is 5.79. The van der Waals surface area contributed by atoms with Gasteiger partial charge < -0.3 is 16.0 Å². The summed E-state index contributed by atoms with van der Waals surface area (Å²) in [7, 11) is 0. The van der Waals surface area contributed by atoms with Crippen molar-refractivity contribution in [3.63, 3.8) is 0 Å². The Hall–Kier alpha value is -2.66. The largest absolute Gasteiger partial charge is 0.352 e. The van der Waals surface area contributed by atoms with Crippen LogP contribution in [0.3, 0.4) is 0 Å². The van der Waals surface area contributed by atoms with Crippen LogP contribution in [0, 0.1) is 5.92 Å². The van der Waals surface area contributed by atoms with E-state index in [0.717, 1.165) is 29.7 Å². The summed E-state index contributed by atoms with van der Waals surface area (Å²) in [4.78, 5) is 26.2. The predicted octanol–water partition coefficient (Wildman–Crippen LogP) is 2.76. The number of carbonyl (C=O) groups is 2. The van der Waals surface area contributed by atoms with Crippen molar-refractivity contribution in [3.05, 3.63) is 71.3 Å². The van der Waals surface area contributed by atoms with Gasteiger partial charge in [-0.3, -0.25) is 9.59 Å². The van der Waals surface area contributed by atoms with E-state index in [0.29, 0.717) is 19.5 Å². The molecule has 5 nitrogen and oxygen atoms in total. The standard InChI is InChI=1S/C22H27N3O2/c1-16(21(23)19-9-3-2-4-10-19)22(27)24-14-17-7-5-8-18(13-17)15-25-12-6-11-20(25)26/h2-5,7-10,13,16,21H,6,11-12,14-15,23H2,1H3,(H,24,27). The lowest BCUT2D eigenvalue weighted by molar-refractivity contribution is -0.128. The Bertz CT molecular complexity index is 791. The molecule has 1 saturated heterocycles. The summed E-state index contributed by atoms with van der Waals surface area (Å²) in [5.41, 5.74) is 9.30. The SMILES string of the molecule is CC(C(=O)NCc1cccc(CN2CCCC2=O)c1)C(N)c1ccccc1. The molecule has 5 heteroatoms. The van der Waals surface area contributed by atoms with Crippen LogP contribution < -0.4 is 11.1 Å². The molecule has 142 valence electrons. The number of hydrogen-bond acceptors (Lipinski definition) is 3. The highest BCUT2D eigenvalue weighted by Crippen LogP contribution is 2.19. The molecule has 0 aromatic heterocycles. The lowest BCUT2D eigenvalue weighted by Crippen LogP contribution is -2.35. The zero-order valence-electron chi connectivity index (χ0n) is 15.7. The first-order chi connectivity index (χ1) is 13.0. The molecule has 2 unspecified atom stereocenters. The van der Waals surface area contributed by atoms with Crippen molar-refractivity contribution in [2.75, 3.05) is 6.54 Å². The molecule has 1 heterocycles. The summed E-state index contributed by atoms with van der Waals surface area (Å²) in [5.74, 6) is -0.165. The first kappa shape index (κ1) is 19.1. The first-order valence-electron chi connectivity index (χ1n) is 9.48. The van der Waals surface area contributed by atoms with Gasteiger partial charge in [0.15, 0.2) is 0 Å². The minimum atomic E-state index is -0.335. The van der Waals surface area contributed by atoms with E-state index in [1.54, 1.807) is 0 Å². The molecule has 0 spiro atoms. The number of nitrogens with two attached hydrogens (primary N) is 1. The van der Waals surface area contributed by atoms with Crippen molar-refractivity contribution in [2.45, 2.75) is 38.9 Å². The van der Waals surface area contributed by atoms with E-state index in [4.69, 9.17) is 5.73 Å². The molecule has 1 aliphatic heterocycles.